The SMILES string of the molecule is CSc1nc2c(c(=O)[nH]1)CN(Cc1cc3ccccc3o1)CC2. The molecule has 23 heavy (non-hydrogen) atoms. The van der Waals surface area contributed by atoms with Gasteiger partial charge in [-0.3, -0.25) is 9.69 Å². The Morgan fingerprint density at radius 1 is 1.39 bits per heavy atom. The van der Waals surface area contributed by atoms with Crippen molar-refractivity contribution in [3.05, 3.63) is 57.7 Å². The van der Waals surface area contributed by atoms with E-state index in [1.165, 1.54) is 11.8 Å². The van der Waals surface area contributed by atoms with Crippen molar-refractivity contribution >= 4 is 22.7 Å². The second-order valence-electron chi connectivity index (χ2n) is 5.71. The van der Waals surface area contributed by atoms with Gasteiger partial charge >= 0.3 is 0 Å². The molecule has 0 spiro atoms. The quantitative estimate of drug-likeness (QED) is 0.592. The van der Waals surface area contributed by atoms with Crippen LogP contribution in [-0.2, 0) is 19.5 Å². The average molecular weight is 327 g/mol. The summed E-state index contributed by atoms with van der Waals surface area (Å²) in [4.78, 5) is 21.8. The molecule has 0 radical (unpaired) electrons. The number of nitrogens with zero attached hydrogens (tertiary/aromatic N) is 2. The molecule has 1 N–H and O–H groups in total. The Bertz CT molecular complexity index is 883. The summed E-state index contributed by atoms with van der Waals surface area (Å²) in [5.74, 6) is 0.930. The lowest BCUT2D eigenvalue weighted by Gasteiger charge is -2.26. The summed E-state index contributed by atoms with van der Waals surface area (Å²) in [6.45, 7) is 2.20. The molecule has 1 aromatic carbocycles. The highest BCUT2D eigenvalue weighted by Gasteiger charge is 2.22. The first kappa shape index (κ1) is 14.5. The zero-order valence-electron chi connectivity index (χ0n) is 12.8. The van der Waals surface area contributed by atoms with Gasteiger partial charge in [0.05, 0.1) is 17.8 Å². The van der Waals surface area contributed by atoms with E-state index >= 15 is 0 Å². The van der Waals surface area contributed by atoms with Crippen molar-refractivity contribution < 1.29 is 4.42 Å². The standard InChI is InChI=1S/C17H17N3O2S/c1-23-17-18-14-6-7-20(10-13(14)16(21)19-17)9-12-8-11-4-2-3-5-15(11)22-12/h2-5,8H,6-7,9-10H2,1H3,(H,18,19,21). The van der Waals surface area contributed by atoms with Crippen molar-refractivity contribution in [2.75, 3.05) is 12.8 Å². The van der Waals surface area contributed by atoms with Gasteiger partial charge in [0, 0.05) is 24.9 Å². The van der Waals surface area contributed by atoms with Crippen molar-refractivity contribution in [2.45, 2.75) is 24.7 Å². The molecule has 4 rings (SSSR count). The van der Waals surface area contributed by atoms with E-state index in [1.54, 1.807) is 0 Å². The second-order valence-corrected chi connectivity index (χ2v) is 6.51. The molecule has 3 aromatic rings. The summed E-state index contributed by atoms with van der Waals surface area (Å²) < 4.78 is 5.88. The van der Waals surface area contributed by atoms with Crippen LogP contribution in [0.25, 0.3) is 11.0 Å². The number of hydrogen-bond donors (Lipinski definition) is 1. The first-order chi connectivity index (χ1) is 11.2. The molecule has 0 saturated heterocycles. The van der Waals surface area contributed by atoms with Gasteiger partial charge in [-0.05, 0) is 18.4 Å². The Balaban J connectivity index is 1.57. The van der Waals surface area contributed by atoms with Crippen LogP contribution >= 0.6 is 11.8 Å². The van der Waals surface area contributed by atoms with E-state index in [4.69, 9.17) is 4.42 Å². The normalized spacial score (nSPS) is 15.0. The summed E-state index contributed by atoms with van der Waals surface area (Å²) in [6, 6.07) is 10.1. The summed E-state index contributed by atoms with van der Waals surface area (Å²) in [6.07, 6.45) is 2.72. The maximum absolute atomic E-state index is 12.2. The molecule has 3 heterocycles. The average Bonchev–Trinajstić information content (AvgIpc) is 2.97. The molecule has 0 unspecified atom stereocenters. The van der Waals surface area contributed by atoms with Gasteiger partial charge in [0.1, 0.15) is 11.3 Å². The van der Waals surface area contributed by atoms with Gasteiger partial charge in [0.15, 0.2) is 5.16 Å². The van der Waals surface area contributed by atoms with Crippen LogP contribution in [0, 0.1) is 0 Å². The molecular weight excluding hydrogens is 310 g/mol. The molecule has 0 amide bonds. The van der Waals surface area contributed by atoms with E-state index in [1.807, 2.05) is 30.5 Å². The Labute approximate surface area is 137 Å². The third-order valence-corrected chi connectivity index (χ3v) is 4.76. The Morgan fingerprint density at radius 2 is 2.26 bits per heavy atom. The lowest BCUT2D eigenvalue weighted by molar-refractivity contribution is 0.224. The van der Waals surface area contributed by atoms with Crippen LogP contribution in [0.5, 0.6) is 0 Å². The van der Waals surface area contributed by atoms with Crippen LogP contribution in [0.3, 0.4) is 0 Å². The molecule has 1 aliphatic heterocycles. The fourth-order valence-corrected chi connectivity index (χ4v) is 3.42. The van der Waals surface area contributed by atoms with Crippen LogP contribution in [-0.4, -0.2) is 27.7 Å². The molecule has 0 atom stereocenters. The molecule has 5 nitrogen and oxygen atoms in total. The molecule has 2 aromatic heterocycles. The number of fused-ring (bicyclic) bond motifs is 2. The van der Waals surface area contributed by atoms with Crippen LogP contribution in [0.1, 0.15) is 17.0 Å². The Kier molecular flexibility index (Phi) is 3.71. The second kappa shape index (κ2) is 5.86. The van der Waals surface area contributed by atoms with E-state index in [2.05, 4.69) is 20.9 Å². The van der Waals surface area contributed by atoms with Crippen molar-refractivity contribution in [2.24, 2.45) is 0 Å². The Morgan fingerprint density at radius 3 is 3.09 bits per heavy atom. The lowest BCUT2D eigenvalue weighted by Crippen LogP contribution is -2.35. The minimum absolute atomic E-state index is 0.0198. The van der Waals surface area contributed by atoms with Crippen LogP contribution < -0.4 is 5.56 Å². The fourth-order valence-electron chi connectivity index (χ4n) is 3.02. The number of aromatic nitrogens is 2. The predicted octanol–water partition coefficient (Wildman–Crippen LogP) is 2.80. The minimum atomic E-state index is -0.0198. The van der Waals surface area contributed by atoms with Crippen molar-refractivity contribution in [3.63, 3.8) is 0 Å². The van der Waals surface area contributed by atoms with E-state index in [0.717, 1.165) is 41.0 Å². The van der Waals surface area contributed by atoms with Gasteiger partial charge in [-0.1, -0.05) is 30.0 Å². The molecule has 0 bridgehead atoms. The summed E-state index contributed by atoms with van der Waals surface area (Å²) in [5, 5.41) is 1.81. The number of rotatable bonds is 3. The highest BCUT2D eigenvalue weighted by molar-refractivity contribution is 7.98. The number of thioether (sulfide) groups is 1. The molecule has 6 heteroatoms. The number of para-hydroxylation sites is 1. The highest BCUT2D eigenvalue weighted by atomic mass is 32.2. The first-order valence-electron chi connectivity index (χ1n) is 7.59. The van der Waals surface area contributed by atoms with Crippen molar-refractivity contribution in [1.29, 1.82) is 0 Å². The van der Waals surface area contributed by atoms with Crippen LogP contribution in [0.2, 0.25) is 0 Å². The predicted molar refractivity (Wildman–Crippen MR) is 90.7 cm³/mol. The minimum Gasteiger partial charge on any atom is -0.460 e. The topological polar surface area (TPSA) is 62.1 Å². The summed E-state index contributed by atoms with van der Waals surface area (Å²) in [7, 11) is 0. The van der Waals surface area contributed by atoms with Gasteiger partial charge in [-0.15, -0.1) is 0 Å². The maximum Gasteiger partial charge on any atom is 0.256 e. The van der Waals surface area contributed by atoms with Gasteiger partial charge < -0.3 is 9.40 Å². The highest BCUT2D eigenvalue weighted by Crippen LogP contribution is 2.22. The number of furan rings is 1. The third-order valence-electron chi connectivity index (χ3n) is 4.18. The van der Waals surface area contributed by atoms with Crippen LogP contribution in [0.15, 0.2) is 44.7 Å². The number of H-pyrrole nitrogens is 1. The smallest absolute Gasteiger partial charge is 0.256 e. The fraction of sp³-hybridized carbons (Fsp3) is 0.294. The van der Waals surface area contributed by atoms with E-state index < -0.39 is 0 Å². The first-order valence-corrected chi connectivity index (χ1v) is 8.81. The number of hydrogen-bond acceptors (Lipinski definition) is 5. The van der Waals surface area contributed by atoms with Crippen LogP contribution in [0.4, 0.5) is 0 Å². The molecule has 0 saturated carbocycles. The van der Waals surface area contributed by atoms with E-state index in [9.17, 15) is 4.79 Å². The number of aromatic amines is 1. The summed E-state index contributed by atoms with van der Waals surface area (Å²) >= 11 is 1.47. The van der Waals surface area contributed by atoms with E-state index in [0.29, 0.717) is 18.2 Å². The largest absolute Gasteiger partial charge is 0.460 e. The molecule has 0 fully saturated rings. The van der Waals surface area contributed by atoms with E-state index in [-0.39, 0.29) is 5.56 Å². The monoisotopic (exact) mass is 327 g/mol. The van der Waals surface area contributed by atoms with Crippen molar-refractivity contribution in [3.8, 4) is 0 Å². The van der Waals surface area contributed by atoms with Gasteiger partial charge in [0.25, 0.3) is 5.56 Å². The number of benzene rings is 1. The van der Waals surface area contributed by atoms with Crippen molar-refractivity contribution in [1.82, 2.24) is 14.9 Å². The molecular formula is C17H17N3O2S. The maximum atomic E-state index is 12.2. The molecule has 118 valence electrons. The summed E-state index contributed by atoms with van der Waals surface area (Å²) in [5.41, 5.74) is 2.60. The zero-order chi connectivity index (χ0) is 15.8. The third kappa shape index (κ3) is 2.80. The van der Waals surface area contributed by atoms with Gasteiger partial charge in [0.2, 0.25) is 0 Å². The van der Waals surface area contributed by atoms with Gasteiger partial charge in [-0.25, -0.2) is 4.98 Å². The molecule has 1 aliphatic rings. The zero-order valence-corrected chi connectivity index (χ0v) is 13.7. The lowest BCUT2D eigenvalue weighted by atomic mass is 10.1. The van der Waals surface area contributed by atoms with Gasteiger partial charge in [-0.2, -0.15) is 0 Å². The molecule has 0 aliphatic carbocycles. The number of nitrogens with one attached hydrogen (secondary N) is 1. The Hall–Kier alpha value is -2.05.